The molecule has 0 saturated heterocycles. The first-order chi connectivity index (χ1) is 12.8. The molecule has 0 spiro atoms. The van der Waals surface area contributed by atoms with Crippen molar-refractivity contribution in [1.29, 1.82) is 0 Å². The molecular formula is C20H29N4O3+. The molecule has 7 heteroatoms. The van der Waals surface area contributed by atoms with Crippen molar-refractivity contribution in [2.24, 2.45) is 7.05 Å². The Morgan fingerprint density at radius 2 is 1.70 bits per heavy atom. The highest BCUT2D eigenvalue weighted by atomic mass is 16.2. The zero-order valence-corrected chi connectivity index (χ0v) is 16.5. The smallest absolute Gasteiger partial charge is 0.332 e. The van der Waals surface area contributed by atoms with Gasteiger partial charge in [-0.25, -0.2) is 4.79 Å². The first kappa shape index (κ1) is 20.6. The molecular weight excluding hydrogens is 344 g/mol. The van der Waals surface area contributed by atoms with Crippen LogP contribution in [0.1, 0.15) is 41.8 Å². The number of ketones is 1. The summed E-state index contributed by atoms with van der Waals surface area (Å²) in [6.07, 6.45) is 1.66. The van der Waals surface area contributed by atoms with Crippen molar-refractivity contribution in [1.82, 2.24) is 9.13 Å². The van der Waals surface area contributed by atoms with Gasteiger partial charge >= 0.3 is 5.69 Å². The summed E-state index contributed by atoms with van der Waals surface area (Å²) in [6.45, 7) is 5.16. The number of carbonyl (C=O) groups is 1. The number of anilines is 1. The van der Waals surface area contributed by atoms with Gasteiger partial charge in [0.05, 0.1) is 7.05 Å². The first-order valence-electron chi connectivity index (χ1n) is 9.31. The van der Waals surface area contributed by atoms with E-state index in [1.807, 2.05) is 14.0 Å². The van der Waals surface area contributed by atoms with Crippen molar-refractivity contribution < 1.29 is 9.69 Å². The number of hydrogen-bond acceptors (Lipinski definition) is 4. The molecule has 0 amide bonds. The summed E-state index contributed by atoms with van der Waals surface area (Å²) in [6, 6.07) is 8.28. The molecule has 0 fully saturated rings. The summed E-state index contributed by atoms with van der Waals surface area (Å²) in [4.78, 5) is 38.4. The molecule has 7 nitrogen and oxygen atoms in total. The number of Topliss-reactive ketones (excluding diaryl/α,β-unsaturated/α-hetero) is 1. The number of benzene rings is 1. The highest BCUT2D eigenvalue weighted by molar-refractivity contribution is 6.00. The number of nitrogen functional groups attached to an aromatic ring is 1. The number of nitrogens with one attached hydrogen (secondary N) is 1. The van der Waals surface area contributed by atoms with Gasteiger partial charge in [-0.05, 0) is 18.4 Å². The summed E-state index contributed by atoms with van der Waals surface area (Å²) in [5.74, 6) is -0.379. The van der Waals surface area contributed by atoms with E-state index in [0.717, 1.165) is 21.5 Å². The van der Waals surface area contributed by atoms with Crippen LogP contribution in [0.25, 0.3) is 0 Å². The number of quaternary nitrogens is 1. The number of rotatable bonds is 8. The molecule has 0 aliphatic heterocycles. The predicted molar refractivity (Wildman–Crippen MR) is 106 cm³/mol. The lowest BCUT2D eigenvalue weighted by Gasteiger charge is -2.16. The molecule has 1 atom stereocenters. The molecule has 1 aromatic heterocycles. The Balaban J connectivity index is 2.24. The summed E-state index contributed by atoms with van der Waals surface area (Å²) < 4.78 is 2.26. The largest absolute Gasteiger partial charge is 0.384 e. The minimum absolute atomic E-state index is 0.0324. The third kappa shape index (κ3) is 4.54. The summed E-state index contributed by atoms with van der Waals surface area (Å²) >= 11 is 0. The van der Waals surface area contributed by atoms with Gasteiger partial charge in [0.1, 0.15) is 24.5 Å². The molecule has 0 bridgehead atoms. The molecule has 0 saturated carbocycles. The lowest BCUT2D eigenvalue weighted by molar-refractivity contribution is -0.884. The van der Waals surface area contributed by atoms with Crippen molar-refractivity contribution in [2.45, 2.75) is 39.8 Å². The van der Waals surface area contributed by atoms with Crippen LogP contribution in [0, 0.1) is 0 Å². The molecule has 146 valence electrons. The third-order valence-corrected chi connectivity index (χ3v) is 4.71. The molecule has 0 radical (unpaired) electrons. The quantitative estimate of drug-likeness (QED) is 0.637. The summed E-state index contributed by atoms with van der Waals surface area (Å²) in [7, 11) is 3.27. The zero-order valence-electron chi connectivity index (χ0n) is 16.5. The monoisotopic (exact) mass is 373 g/mol. The fraction of sp³-hybridized carbons (Fsp3) is 0.450. The van der Waals surface area contributed by atoms with Crippen LogP contribution < -0.4 is 21.9 Å². The van der Waals surface area contributed by atoms with Crippen LogP contribution in [0.3, 0.4) is 0 Å². The SMILES string of the molecule is CCCn1c(N)c(C(=O)C[NH+](C)Cc2ccc(CC)cc2)c(=O)n(C)c1=O. The van der Waals surface area contributed by atoms with E-state index in [0.29, 0.717) is 19.5 Å². The van der Waals surface area contributed by atoms with Crippen molar-refractivity contribution in [3.8, 4) is 0 Å². The molecule has 0 aliphatic carbocycles. The number of carbonyl (C=O) groups excluding carboxylic acids is 1. The Morgan fingerprint density at radius 3 is 2.26 bits per heavy atom. The fourth-order valence-electron chi connectivity index (χ4n) is 3.15. The van der Waals surface area contributed by atoms with Gasteiger partial charge in [-0.15, -0.1) is 0 Å². The maximum absolute atomic E-state index is 12.8. The maximum atomic E-state index is 12.8. The number of nitrogens with two attached hydrogens (primary N) is 1. The van der Waals surface area contributed by atoms with E-state index in [2.05, 4.69) is 31.2 Å². The number of likely N-dealkylation sites (N-methyl/N-ethyl adjacent to an activating group) is 1. The minimum Gasteiger partial charge on any atom is -0.384 e. The van der Waals surface area contributed by atoms with E-state index >= 15 is 0 Å². The Morgan fingerprint density at radius 1 is 1.11 bits per heavy atom. The van der Waals surface area contributed by atoms with E-state index in [1.165, 1.54) is 17.2 Å². The van der Waals surface area contributed by atoms with Gasteiger partial charge in [0, 0.05) is 19.2 Å². The van der Waals surface area contributed by atoms with E-state index in [-0.39, 0.29) is 23.7 Å². The first-order valence-corrected chi connectivity index (χ1v) is 9.31. The van der Waals surface area contributed by atoms with Gasteiger partial charge in [0.25, 0.3) is 5.56 Å². The number of nitrogens with zero attached hydrogens (tertiary/aromatic N) is 2. The zero-order chi connectivity index (χ0) is 20.1. The Kier molecular flexibility index (Phi) is 6.74. The highest BCUT2D eigenvalue weighted by Crippen LogP contribution is 2.06. The maximum Gasteiger partial charge on any atom is 0.332 e. The van der Waals surface area contributed by atoms with E-state index < -0.39 is 11.2 Å². The van der Waals surface area contributed by atoms with Crippen LogP contribution in [0.4, 0.5) is 5.82 Å². The second kappa shape index (κ2) is 8.81. The van der Waals surface area contributed by atoms with Crippen LogP contribution in [0.2, 0.25) is 0 Å². The molecule has 3 N–H and O–H groups in total. The average Bonchev–Trinajstić information content (AvgIpc) is 2.64. The van der Waals surface area contributed by atoms with Crippen LogP contribution in [-0.2, 0) is 26.6 Å². The van der Waals surface area contributed by atoms with Crippen LogP contribution in [0.15, 0.2) is 33.9 Å². The number of hydrogen-bond donors (Lipinski definition) is 2. The van der Waals surface area contributed by atoms with E-state index in [9.17, 15) is 14.4 Å². The Bertz CT molecular complexity index is 926. The van der Waals surface area contributed by atoms with Gasteiger partial charge in [0.2, 0.25) is 5.78 Å². The van der Waals surface area contributed by atoms with Gasteiger partial charge < -0.3 is 10.6 Å². The van der Waals surface area contributed by atoms with E-state index in [1.54, 1.807) is 0 Å². The third-order valence-electron chi connectivity index (χ3n) is 4.71. The van der Waals surface area contributed by atoms with Gasteiger partial charge in [-0.2, -0.15) is 0 Å². The van der Waals surface area contributed by atoms with Crippen molar-refractivity contribution in [3.05, 3.63) is 61.8 Å². The van der Waals surface area contributed by atoms with Crippen LogP contribution >= 0.6 is 0 Å². The fourth-order valence-corrected chi connectivity index (χ4v) is 3.15. The van der Waals surface area contributed by atoms with Gasteiger partial charge in [-0.1, -0.05) is 38.1 Å². The number of aryl methyl sites for hydroxylation is 1. The van der Waals surface area contributed by atoms with Gasteiger partial charge in [-0.3, -0.25) is 18.7 Å². The lowest BCUT2D eigenvalue weighted by Crippen LogP contribution is -3.08. The average molecular weight is 373 g/mol. The number of aromatic nitrogens is 2. The topological polar surface area (TPSA) is 91.5 Å². The predicted octanol–water partition coefficient (Wildman–Crippen LogP) is -0.000800. The summed E-state index contributed by atoms with van der Waals surface area (Å²) in [5.41, 5.74) is 7.19. The van der Waals surface area contributed by atoms with E-state index in [4.69, 9.17) is 5.73 Å². The molecule has 1 heterocycles. The highest BCUT2D eigenvalue weighted by Gasteiger charge is 2.23. The summed E-state index contributed by atoms with van der Waals surface area (Å²) in [5, 5.41) is 0. The molecule has 2 aromatic rings. The second-order valence-corrected chi connectivity index (χ2v) is 6.96. The van der Waals surface area contributed by atoms with Crippen molar-refractivity contribution >= 4 is 11.6 Å². The molecule has 0 aliphatic rings. The molecule has 2 rings (SSSR count). The van der Waals surface area contributed by atoms with Crippen molar-refractivity contribution in [3.63, 3.8) is 0 Å². The molecule has 1 unspecified atom stereocenters. The van der Waals surface area contributed by atoms with Crippen LogP contribution in [-0.4, -0.2) is 28.5 Å². The lowest BCUT2D eigenvalue weighted by atomic mass is 10.1. The normalized spacial score (nSPS) is 12.1. The molecule has 27 heavy (non-hydrogen) atoms. The Labute approximate surface area is 159 Å². The molecule has 1 aromatic carbocycles. The standard InChI is InChI=1S/C20H28N4O3/c1-5-11-24-18(21)17(19(26)23(4)20(24)27)16(25)13-22(3)12-15-9-7-14(6-2)8-10-15/h7-10H,5-6,11-13,21H2,1-4H3/p+1. The second-order valence-electron chi connectivity index (χ2n) is 6.96. The van der Waals surface area contributed by atoms with Crippen molar-refractivity contribution in [2.75, 3.05) is 19.3 Å². The van der Waals surface area contributed by atoms with Gasteiger partial charge in [0.15, 0.2) is 0 Å². The van der Waals surface area contributed by atoms with Crippen LogP contribution in [0.5, 0.6) is 0 Å². The Hall–Kier alpha value is -2.67. The minimum atomic E-state index is -0.630.